The molecule has 118 valence electrons. The van der Waals surface area contributed by atoms with Crippen LogP contribution in [0.25, 0.3) is 11.4 Å². The first-order valence-electron chi connectivity index (χ1n) is 7.17. The number of aromatic nitrogens is 3. The zero-order chi connectivity index (χ0) is 16.2. The van der Waals surface area contributed by atoms with Gasteiger partial charge in [-0.05, 0) is 25.5 Å². The Morgan fingerprint density at radius 3 is 2.73 bits per heavy atom. The maximum atomic E-state index is 12.0. The van der Waals surface area contributed by atoms with E-state index in [4.69, 9.17) is 5.73 Å². The van der Waals surface area contributed by atoms with Gasteiger partial charge in [0.1, 0.15) is 5.82 Å². The van der Waals surface area contributed by atoms with Crippen LogP contribution in [0.3, 0.4) is 0 Å². The third kappa shape index (κ3) is 4.14. The van der Waals surface area contributed by atoms with Gasteiger partial charge in [0, 0.05) is 10.0 Å². The third-order valence-electron chi connectivity index (χ3n) is 3.34. The summed E-state index contributed by atoms with van der Waals surface area (Å²) < 4.78 is 0.998. The Kier molecular flexibility index (Phi) is 5.31. The van der Waals surface area contributed by atoms with Gasteiger partial charge in [0.2, 0.25) is 5.91 Å². The van der Waals surface area contributed by atoms with Crippen LogP contribution in [0.5, 0.6) is 0 Å². The lowest BCUT2D eigenvalue weighted by molar-refractivity contribution is -0.126. The summed E-state index contributed by atoms with van der Waals surface area (Å²) in [6, 6.07) is 7.71. The summed E-state index contributed by atoms with van der Waals surface area (Å²) in [6.07, 6.45) is 1.50. The number of H-pyrrole nitrogens is 1. The minimum Gasteiger partial charge on any atom is -0.347 e. The Morgan fingerprint density at radius 2 is 2.09 bits per heavy atom. The number of carbonyl (C=O) groups is 1. The molecule has 0 bridgehead atoms. The average molecular weight is 366 g/mol. The molecule has 2 aromatic rings. The van der Waals surface area contributed by atoms with Gasteiger partial charge in [0.25, 0.3) is 0 Å². The highest BCUT2D eigenvalue weighted by atomic mass is 79.9. The normalized spacial score (nSPS) is 13.6. The van der Waals surface area contributed by atoms with Gasteiger partial charge in [-0.3, -0.25) is 9.89 Å². The van der Waals surface area contributed by atoms with Crippen molar-refractivity contribution in [1.29, 1.82) is 0 Å². The lowest BCUT2D eigenvalue weighted by Gasteiger charge is -2.22. The first-order valence-corrected chi connectivity index (χ1v) is 7.96. The number of nitrogens with one attached hydrogen (secondary N) is 2. The Balaban J connectivity index is 1.98. The largest absolute Gasteiger partial charge is 0.347 e. The fraction of sp³-hybridized carbons (Fsp3) is 0.400. The van der Waals surface area contributed by atoms with E-state index in [1.54, 1.807) is 6.92 Å². The summed E-state index contributed by atoms with van der Waals surface area (Å²) in [5.74, 6) is 1.01. The van der Waals surface area contributed by atoms with Crippen LogP contribution in [-0.2, 0) is 11.3 Å². The second-order valence-electron chi connectivity index (χ2n) is 5.46. The molecule has 6 nitrogen and oxygen atoms in total. The lowest BCUT2D eigenvalue weighted by Crippen LogP contribution is -2.51. The van der Waals surface area contributed by atoms with E-state index in [0.29, 0.717) is 18.1 Å². The van der Waals surface area contributed by atoms with Crippen molar-refractivity contribution in [3.63, 3.8) is 0 Å². The summed E-state index contributed by atoms with van der Waals surface area (Å²) in [5.41, 5.74) is 6.03. The smallest absolute Gasteiger partial charge is 0.240 e. The van der Waals surface area contributed by atoms with Gasteiger partial charge in [-0.1, -0.05) is 41.4 Å². The molecule has 7 heteroatoms. The fourth-order valence-electron chi connectivity index (χ4n) is 2.10. The topological polar surface area (TPSA) is 96.7 Å². The van der Waals surface area contributed by atoms with Gasteiger partial charge in [0.05, 0.1) is 12.1 Å². The van der Waals surface area contributed by atoms with Gasteiger partial charge >= 0.3 is 0 Å². The first-order chi connectivity index (χ1) is 10.4. The summed E-state index contributed by atoms with van der Waals surface area (Å²) in [6.45, 7) is 4.01. The van der Waals surface area contributed by atoms with Crippen LogP contribution in [0.4, 0.5) is 0 Å². The molecule has 0 aliphatic rings. The van der Waals surface area contributed by atoms with E-state index in [1.165, 1.54) is 0 Å². The van der Waals surface area contributed by atoms with Crippen LogP contribution >= 0.6 is 15.9 Å². The maximum absolute atomic E-state index is 12.0. The molecule has 2 rings (SSSR count). The van der Waals surface area contributed by atoms with Crippen LogP contribution in [0.15, 0.2) is 28.7 Å². The molecular weight excluding hydrogens is 346 g/mol. The summed E-state index contributed by atoms with van der Waals surface area (Å²) in [4.78, 5) is 16.4. The molecule has 4 N–H and O–H groups in total. The van der Waals surface area contributed by atoms with Crippen molar-refractivity contribution in [1.82, 2.24) is 20.5 Å². The lowest BCUT2D eigenvalue weighted by atomic mass is 9.97. The van der Waals surface area contributed by atoms with E-state index in [1.807, 2.05) is 31.2 Å². The summed E-state index contributed by atoms with van der Waals surface area (Å²) >= 11 is 3.39. The van der Waals surface area contributed by atoms with Crippen molar-refractivity contribution >= 4 is 21.8 Å². The molecule has 22 heavy (non-hydrogen) atoms. The van der Waals surface area contributed by atoms with Gasteiger partial charge in [-0.15, -0.1) is 0 Å². The highest BCUT2D eigenvalue weighted by molar-refractivity contribution is 9.10. The van der Waals surface area contributed by atoms with Crippen molar-refractivity contribution in [2.75, 3.05) is 0 Å². The highest BCUT2D eigenvalue weighted by Gasteiger charge is 2.26. The zero-order valence-electron chi connectivity index (χ0n) is 12.7. The Morgan fingerprint density at radius 1 is 1.41 bits per heavy atom. The van der Waals surface area contributed by atoms with E-state index in [2.05, 4.69) is 36.4 Å². The number of carbonyl (C=O) groups excluding carboxylic acids is 1. The zero-order valence-corrected chi connectivity index (χ0v) is 14.3. The molecule has 0 fully saturated rings. The van der Waals surface area contributed by atoms with Crippen molar-refractivity contribution in [2.24, 2.45) is 5.73 Å². The molecule has 0 aliphatic carbocycles. The fourth-order valence-corrected chi connectivity index (χ4v) is 2.37. The van der Waals surface area contributed by atoms with E-state index >= 15 is 0 Å². The molecule has 1 heterocycles. The number of benzene rings is 1. The molecule has 0 radical (unpaired) electrons. The molecule has 1 atom stereocenters. The number of hydrogen-bond donors (Lipinski definition) is 3. The molecule has 1 aromatic carbocycles. The van der Waals surface area contributed by atoms with E-state index in [0.717, 1.165) is 16.5 Å². The van der Waals surface area contributed by atoms with Crippen LogP contribution < -0.4 is 11.1 Å². The molecule has 1 amide bonds. The molecular formula is C15H20BrN5O. The SMILES string of the molecule is CCCC(C)(N)C(=O)NCc1nc(-c2ccc(Br)cc2)n[nH]1. The van der Waals surface area contributed by atoms with Crippen molar-refractivity contribution in [3.05, 3.63) is 34.6 Å². The third-order valence-corrected chi connectivity index (χ3v) is 3.87. The second kappa shape index (κ2) is 7.02. The molecule has 1 unspecified atom stereocenters. The number of nitrogens with zero attached hydrogens (tertiary/aromatic N) is 2. The molecule has 0 saturated heterocycles. The Bertz CT molecular complexity index is 636. The number of aromatic amines is 1. The van der Waals surface area contributed by atoms with Crippen LogP contribution in [0.2, 0.25) is 0 Å². The number of halogens is 1. The standard InChI is InChI=1S/C15H20BrN5O/c1-3-8-15(2,17)14(22)18-9-12-19-13(21-20-12)10-4-6-11(16)7-5-10/h4-7H,3,8-9,17H2,1-2H3,(H,18,22)(H,19,20,21). The van der Waals surface area contributed by atoms with Gasteiger partial charge < -0.3 is 11.1 Å². The van der Waals surface area contributed by atoms with Crippen molar-refractivity contribution in [2.45, 2.75) is 38.8 Å². The molecule has 0 aliphatic heterocycles. The molecule has 0 spiro atoms. The van der Waals surface area contributed by atoms with Crippen LogP contribution in [0.1, 0.15) is 32.5 Å². The van der Waals surface area contributed by atoms with Gasteiger partial charge in [0.15, 0.2) is 5.82 Å². The highest BCUT2D eigenvalue weighted by Crippen LogP contribution is 2.18. The molecule has 0 saturated carbocycles. The Labute approximate surface area is 138 Å². The minimum atomic E-state index is -0.858. The first kappa shape index (κ1) is 16.6. The van der Waals surface area contributed by atoms with E-state index in [-0.39, 0.29) is 12.5 Å². The van der Waals surface area contributed by atoms with Crippen LogP contribution in [-0.4, -0.2) is 26.6 Å². The van der Waals surface area contributed by atoms with Crippen molar-refractivity contribution < 1.29 is 4.79 Å². The summed E-state index contributed by atoms with van der Waals surface area (Å²) in [7, 11) is 0. The second-order valence-corrected chi connectivity index (χ2v) is 6.38. The number of hydrogen-bond acceptors (Lipinski definition) is 4. The van der Waals surface area contributed by atoms with E-state index < -0.39 is 5.54 Å². The van der Waals surface area contributed by atoms with Crippen molar-refractivity contribution in [3.8, 4) is 11.4 Å². The predicted octanol–water partition coefficient (Wildman–Crippen LogP) is 2.37. The van der Waals surface area contributed by atoms with Gasteiger partial charge in [-0.2, -0.15) is 5.10 Å². The Hall–Kier alpha value is -1.73. The van der Waals surface area contributed by atoms with Crippen LogP contribution in [0, 0.1) is 0 Å². The van der Waals surface area contributed by atoms with Gasteiger partial charge in [-0.25, -0.2) is 4.98 Å². The molecule has 1 aromatic heterocycles. The maximum Gasteiger partial charge on any atom is 0.240 e. The number of rotatable bonds is 6. The average Bonchev–Trinajstić information content (AvgIpc) is 2.94. The minimum absolute atomic E-state index is 0.184. The quantitative estimate of drug-likeness (QED) is 0.731. The number of nitrogens with two attached hydrogens (primary N) is 1. The number of amides is 1. The monoisotopic (exact) mass is 365 g/mol. The van der Waals surface area contributed by atoms with E-state index in [9.17, 15) is 4.79 Å². The summed E-state index contributed by atoms with van der Waals surface area (Å²) in [5, 5.41) is 9.78. The predicted molar refractivity (Wildman–Crippen MR) is 88.9 cm³/mol.